The molecule has 0 aromatic carbocycles. The largest absolute Gasteiger partial charge is 0.378 e. The zero-order valence-corrected chi connectivity index (χ0v) is 12.7. The number of hydrogen-bond donors (Lipinski definition) is 1. The lowest BCUT2D eigenvalue weighted by Crippen LogP contribution is -2.44. The molecule has 1 N–H and O–H groups in total. The quantitative estimate of drug-likeness (QED) is 0.835. The Morgan fingerprint density at radius 2 is 1.89 bits per heavy atom. The van der Waals surface area contributed by atoms with Crippen molar-refractivity contribution in [1.29, 1.82) is 0 Å². The Morgan fingerprint density at radius 1 is 1.32 bits per heavy atom. The minimum absolute atomic E-state index is 0.0156. The average molecular weight is 268 g/mol. The van der Waals surface area contributed by atoms with Crippen molar-refractivity contribution in [3.05, 3.63) is 0 Å². The fraction of sp³-hybridized carbons (Fsp3) is 0.933. The molecule has 2 aliphatic heterocycles. The Labute approximate surface area is 116 Å². The van der Waals surface area contributed by atoms with Gasteiger partial charge in [0.2, 0.25) is 0 Å². The van der Waals surface area contributed by atoms with Crippen molar-refractivity contribution in [2.45, 2.75) is 39.8 Å². The maximum atomic E-state index is 11.7. The van der Waals surface area contributed by atoms with Gasteiger partial charge in [0.25, 0.3) is 0 Å². The molecular formula is C15H28N2O2. The van der Waals surface area contributed by atoms with Crippen molar-refractivity contribution in [3.8, 4) is 0 Å². The molecule has 2 unspecified atom stereocenters. The van der Waals surface area contributed by atoms with Gasteiger partial charge in [0.15, 0.2) is 0 Å². The molecule has 0 saturated carbocycles. The summed E-state index contributed by atoms with van der Waals surface area (Å²) in [5.41, 5.74) is -0.0156. The highest BCUT2D eigenvalue weighted by atomic mass is 16.3. The van der Waals surface area contributed by atoms with E-state index in [2.05, 4.69) is 30.7 Å². The summed E-state index contributed by atoms with van der Waals surface area (Å²) in [5.74, 6) is 0.675. The van der Waals surface area contributed by atoms with Crippen LogP contribution in [0.5, 0.6) is 0 Å². The summed E-state index contributed by atoms with van der Waals surface area (Å²) >= 11 is 0. The van der Waals surface area contributed by atoms with Gasteiger partial charge < -0.3 is 10.0 Å². The van der Waals surface area contributed by atoms with Crippen LogP contribution in [0.4, 0.5) is 0 Å². The number of Topliss-reactive ketones (excluding diaryl/α,β-unsaturated/α-hetero) is 1. The predicted molar refractivity (Wildman–Crippen MR) is 75.8 cm³/mol. The van der Waals surface area contributed by atoms with Crippen LogP contribution < -0.4 is 0 Å². The predicted octanol–water partition coefficient (Wildman–Crippen LogP) is 1.19. The maximum absolute atomic E-state index is 11.7. The van der Waals surface area contributed by atoms with Crippen LogP contribution in [-0.2, 0) is 4.79 Å². The fourth-order valence-electron chi connectivity index (χ4n) is 3.68. The molecule has 2 rings (SSSR count). The Morgan fingerprint density at radius 3 is 2.37 bits per heavy atom. The van der Waals surface area contributed by atoms with E-state index < -0.39 is 0 Å². The van der Waals surface area contributed by atoms with E-state index in [0.717, 1.165) is 39.0 Å². The van der Waals surface area contributed by atoms with E-state index in [4.69, 9.17) is 0 Å². The van der Waals surface area contributed by atoms with E-state index in [1.807, 2.05) is 0 Å². The monoisotopic (exact) mass is 268 g/mol. The lowest BCUT2D eigenvalue weighted by molar-refractivity contribution is -0.122. The van der Waals surface area contributed by atoms with Crippen LogP contribution >= 0.6 is 0 Å². The molecule has 2 heterocycles. The first-order valence-corrected chi connectivity index (χ1v) is 7.42. The number of carbonyl (C=O) groups excluding carboxylic acids is 1. The van der Waals surface area contributed by atoms with Crippen molar-refractivity contribution < 1.29 is 9.90 Å². The molecule has 0 aromatic heterocycles. The Balaban J connectivity index is 1.97. The molecule has 0 radical (unpaired) electrons. The molecule has 19 heavy (non-hydrogen) atoms. The lowest BCUT2D eigenvalue weighted by Gasteiger charge is -2.36. The minimum Gasteiger partial charge on any atom is -0.378 e. The molecule has 2 aliphatic rings. The lowest BCUT2D eigenvalue weighted by atomic mass is 9.80. The molecular weight excluding hydrogens is 240 g/mol. The second kappa shape index (κ2) is 5.51. The highest BCUT2D eigenvalue weighted by molar-refractivity contribution is 5.79. The number of aliphatic hydroxyl groups is 1. The summed E-state index contributed by atoms with van der Waals surface area (Å²) in [6.07, 6.45) is 1.73. The van der Waals surface area contributed by atoms with Gasteiger partial charge in [0, 0.05) is 24.9 Å². The van der Waals surface area contributed by atoms with E-state index in [9.17, 15) is 9.90 Å². The molecule has 0 bridgehead atoms. The van der Waals surface area contributed by atoms with Gasteiger partial charge >= 0.3 is 0 Å². The van der Waals surface area contributed by atoms with Crippen LogP contribution in [0.3, 0.4) is 0 Å². The van der Waals surface area contributed by atoms with Crippen LogP contribution in [-0.4, -0.2) is 60.1 Å². The zero-order valence-electron chi connectivity index (χ0n) is 12.7. The second-order valence-electron chi connectivity index (χ2n) is 7.14. The van der Waals surface area contributed by atoms with Crippen LogP contribution in [0.25, 0.3) is 0 Å². The Bertz CT molecular complexity index is 335. The van der Waals surface area contributed by atoms with Crippen molar-refractivity contribution in [1.82, 2.24) is 9.80 Å². The molecule has 2 atom stereocenters. The molecule has 0 spiro atoms. The maximum Gasteiger partial charge on any atom is 0.134 e. The molecule has 0 aliphatic carbocycles. The van der Waals surface area contributed by atoms with E-state index in [-0.39, 0.29) is 23.3 Å². The van der Waals surface area contributed by atoms with Gasteiger partial charge in [-0.2, -0.15) is 0 Å². The molecule has 110 valence electrons. The van der Waals surface area contributed by atoms with Crippen molar-refractivity contribution in [3.63, 3.8) is 0 Å². The smallest absolute Gasteiger partial charge is 0.134 e. The third-order valence-corrected chi connectivity index (χ3v) is 5.02. The number of piperidine rings is 1. The molecule has 0 amide bonds. The van der Waals surface area contributed by atoms with Crippen LogP contribution in [0, 0.1) is 17.3 Å². The van der Waals surface area contributed by atoms with Gasteiger partial charge in [0.05, 0.1) is 0 Å². The van der Waals surface area contributed by atoms with Crippen molar-refractivity contribution in [2.75, 3.05) is 33.2 Å². The number of rotatable bonds is 3. The Hall–Kier alpha value is -0.450. The number of carbonyl (C=O) groups is 1. The molecule has 0 aromatic rings. The first-order valence-electron chi connectivity index (χ1n) is 7.42. The summed E-state index contributed by atoms with van der Waals surface area (Å²) in [7, 11) is 2.13. The topological polar surface area (TPSA) is 43.8 Å². The first-order chi connectivity index (χ1) is 8.81. The van der Waals surface area contributed by atoms with Gasteiger partial charge in [-0.3, -0.25) is 9.69 Å². The number of hydrogen-bond acceptors (Lipinski definition) is 4. The Kier molecular flexibility index (Phi) is 4.33. The van der Waals surface area contributed by atoms with E-state index >= 15 is 0 Å². The molecule has 2 fully saturated rings. The summed E-state index contributed by atoms with van der Waals surface area (Å²) in [6.45, 7) is 9.63. The minimum atomic E-state index is -0.377. The third-order valence-electron chi connectivity index (χ3n) is 5.02. The van der Waals surface area contributed by atoms with Crippen molar-refractivity contribution in [2.24, 2.45) is 17.3 Å². The van der Waals surface area contributed by atoms with E-state index in [1.165, 1.54) is 0 Å². The van der Waals surface area contributed by atoms with Gasteiger partial charge in [-0.05, 0) is 45.3 Å². The number of ketones is 1. The standard InChI is InChI=1S/C15H28N2O2/c1-11(18)13-9-17(10-15(13,2)3)14(19)12-5-7-16(4)8-6-12/h12-14,19H,5-10H2,1-4H3. The summed E-state index contributed by atoms with van der Waals surface area (Å²) in [4.78, 5) is 16.2. The SMILES string of the molecule is CC(=O)C1CN(C(O)C2CCN(C)CC2)CC1(C)C. The third kappa shape index (κ3) is 3.18. The van der Waals surface area contributed by atoms with E-state index in [1.54, 1.807) is 6.92 Å². The van der Waals surface area contributed by atoms with Gasteiger partial charge in [-0.25, -0.2) is 0 Å². The number of nitrogens with zero attached hydrogens (tertiary/aromatic N) is 2. The highest BCUT2D eigenvalue weighted by Gasteiger charge is 2.45. The molecule has 2 saturated heterocycles. The van der Waals surface area contributed by atoms with E-state index in [0.29, 0.717) is 5.92 Å². The van der Waals surface area contributed by atoms with Gasteiger partial charge in [-0.1, -0.05) is 13.8 Å². The highest BCUT2D eigenvalue weighted by Crippen LogP contribution is 2.38. The summed E-state index contributed by atoms with van der Waals surface area (Å²) < 4.78 is 0. The first kappa shape index (κ1) is 14.9. The fourth-order valence-corrected chi connectivity index (χ4v) is 3.68. The molecule has 4 nitrogen and oxygen atoms in total. The normalized spacial score (nSPS) is 31.5. The van der Waals surface area contributed by atoms with Crippen LogP contribution in [0.15, 0.2) is 0 Å². The second-order valence-corrected chi connectivity index (χ2v) is 7.14. The van der Waals surface area contributed by atoms with Gasteiger partial charge in [-0.15, -0.1) is 0 Å². The summed E-state index contributed by atoms with van der Waals surface area (Å²) in [5, 5.41) is 10.6. The van der Waals surface area contributed by atoms with Gasteiger partial charge in [0.1, 0.15) is 12.0 Å². The van der Waals surface area contributed by atoms with Crippen LogP contribution in [0.1, 0.15) is 33.6 Å². The zero-order chi connectivity index (χ0) is 14.2. The number of likely N-dealkylation sites (tertiary alicyclic amines) is 2. The summed E-state index contributed by atoms with van der Waals surface area (Å²) in [6, 6.07) is 0. The van der Waals surface area contributed by atoms with Crippen LogP contribution in [0.2, 0.25) is 0 Å². The molecule has 4 heteroatoms. The average Bonchev–Trinajstić information content (AvgIpc) is 2.65. The van der Waals surface area contributed by atoms with Crippen molar-refractivity contribution >= 4 is 5.78 Å². The number of aliphatic hydroxyl groups excluding tert-OH is 1.